The quantitative estimate of drug-likeness (QED) is 0.602. The molecule has 1 aromatic heterocycles. The fourth-order valence-corrected chi connectivity index (χ4v) is 3.08. The van der Waals surface area contributed by atoms with Gasteiger partial charge in [-0.05, 0) is 30.2 Å². The lowest BCUT2D eigenvalue weighted by Gasteiger charge is -2.25. The van der Waals surface area contributed by atoms with Crippen molar-refractivity contribution in [2.75, 3.05) is 6.54 Å². The molecular formula is C22H23F2N3O. The molecular weight excluding hydrogens is 360 g/mol. The fourth-order valence-electron chi connectivity index (χ4n) is 3.08. The first-order valence-electron chi connectivity index (χ1n) is 9.22. The average Bonchev–Trinajstić information content (AvgIpc) is 3.09. The second kappa shape index (κ2) is 8.78. The minimum atomic E-state index is -0.448. The molecule has 0 spiro atoms. The lowest BCUT2D eigenvalue weighted by Crippen LogP contribution is -2.34. The van der Waals surface area contributed by atoms with E-state index in [9.17, 15) is 13.6 Å². The van der Waals surface area contributed by atoms with Crippen molar-refractivity contribution < 1.29 is 13.6 Å². The van der Waals surface area contributed by atoms with E-state index < -0.39 is 5.82 Å². The molecule has 3 rings (SSSR count). The summed E-state index contributed by atoms with van der Waals surface area (Å²) in [5, 5.41) is 0. The van der Waals surface area contributed by atoms with Crippen LogP contribution in [0.1, 0.15) is 35.6 Å². The molecule has 2 aromatic carbocycles. The smallest absolute Gasteiger partial charge is 0.254 e. The first-order valence-corrected chi connectivity index (χ1v) is 9.22. The molecule has 0 bridgehead atoms. The zero-order valence-corrected chi connectivity index (χ0v) is 16.0. The van der Waals surface area contributed by atoms with E-state index >= 15 is 0 Å². The summed E-state index contributed by atoms with van der Waals surface area (Å²) in [6.45, 7) is 5.11. The molecule has 3 aromatic rings. The molecule has 0 saturated carbocycles. The Morgan fingerprint density at radius 3 is 2.64 bits per heavy atom. The molecule has 0 aliphatic rings. The van der Waals surface area contributed by atoms with Gasteiger partial charge in [0.25, 0.3) is 5.91 Å². The second-order valence-electron chi connectivity index (χ2n) is 7.15. The third kappa shape index (κ3) is 4.82. The molecule has 0 atom stereocenters. The maximum Gasteiger partial charge on any atom is 0.254 e. The molecule has 6 heteroatoms. The Labute approximate surface area is 163 Å². The van der Waals surface area contributed by atoms with Gasteiger partial charge >= 0.3 is 0 Å². The molecule has 0 aliphatic heterocycles. The van der Waals surface area contributed by atoms with Gasteiger partial charge < -0.3 is 9.47 Å². The van der Waals surface area contributed by atoms with Crippen LogP contribution in [0.15, 0.2) is 60.9 Å². The van der Waals surface area contributed by atoms with E-state index in [0.717, 1.165) is 0 Å². The van der Waals surface area contributed by atoms with Crippen LogP contribution in [0.3, 0.4) is 0 Å². The van der Waals surface area contributed by atoms with Gasteiger partial charge in [0.15, 0.2) is 0 Å². The molecule has 4 nitrogen and oxygen atoms in total. The predicted molar refractivity (Wildman–Crippen MR) is 104 cm³/mol. The number of halogens is 2. The van der Waals surface area contributed by atoms with Gasteiger partial charge in [0, 0.05) is 30.1 Å². The normalized spacial score (nSPS) is 11.0. The van der Waals surface area contributed by atoms with Crippen molar-refractivity contribution in [3.63, 3.8) is 0 Å². The van der Waals surface area contributed by atoms with Gasteiger partial charge in [-0.15, -0.1) is 0 Å². The number of imidazole rings is 1. The van der Waals surface area contributed by atoms with Gasteiger partial charge in [-0.1, -0.05) is 38.1 Å². The topological polar surface area (TPSA) is 38.1 Å². The Bertz CT molecular complexity index is 952. The summed E-state index contributed by atoms with van der Waals surface area (Å²) >= 11 is 0. The van der Waals surface area contributed by atoms with Gasteiger partial charge in [0.05, 0.1) is 13.1 Å². The molecule has 0 radical (unpaired) electrons. The van der Waals surface area contributed by atoms with Gasteiger partial charge in [-0.2, -0.15) is 0 Å². The number of amides is 1. The average molecular weight is 383 g/mol. The number of hydrogen-bond donors (Lipinski definition) is 0. The molecule has 0 saturated heterocycles. The standard InChI is InChI=1S/C22H23F2N3O/c1-16(2)13-27(22(28)17-7-5-8-19(23)12-17)15-21-25-10-11-26(21)14-18-6-3-4-9-20(18)24/h3-12,16H,13-15H2,1-2H3. The Morgan fingerprint density at radius 1 is 1.14 bits per heavy atom. The first kappa shape index (κ1) is 19.7. The van der Waals surface area contributed by atoms with Gasteiger partial charge in [0.2, 0.25) is 0 Å². The number of hydrogen-bond acceptors (Lipinski definition) is 2. The summed E-state index contributed by atoms with van der Waals surface area (Å²) in [6.07, 6.45) is 3.40. The Hall–Kier alpha value is -3.02. The van der Waals surface area contributed by atoms with Crippen molar-refractivity contribution in [1.29, 1.82) is 0 Å². The van der Waals surface area contributed by atoms with Gasteiger partial charge in [-0.25, -0.2) is 13.8 Å². The molecule has 0 unspecified atom stereocenters. The summed E-state index contributed by atoms with van der Waals surface area (Å²) in [5.74, 6) is -0.108. The van der Waals surface area contributed by atoms with E-state index in [2.05, 4.69) is 4.98 Å². The summed E-state index contributed by atoms with van der Waals surface area (Å²) in [5.41, 5.74) is 0.849. The van der Waals surface area contributed by atoms with Crippen molar-refractivity contribution in [2.24, 2.45) is 5.92 Å². The van der Waals surface area contributed by atoms with Crippen molar-refractivity contribution in [3.05, 3.63) is 89.5 Å². The number of carbonyl (C=O) groups is 1. The zero-order chi connectivity index (χ0) is 20.1. The van der Waals surface area contributed by atoms with Crippen LogP contribution in [0.25, 0.3) is 0 Å². The van der Waals surface area contributed by atoms with Crippen LogP contribution in [-0.4, -0.2) is 26.9 Å². The molecule has 146 valence electrons. The monoisotopic (exact) mass is 383 g/mol. The molecule has 0 N–H and O–H groups in total. The molecule has 1 heterocycles. The zero-order valence-electron chi connectivity index (χ0n) is 16.0. The highest BCUT2D eigenvalue weighted by Gasteiger charge is 2.20. The Kier molecular flexibility index (Phi) is 6.19. The Balaban J connectivity index is 1.83. The van der Waals surface area contributed by atoms with E-state index in [-0.39, 0.29) is 24.2 Å². The van der Waals surface area contributed by atoms with Crippen LogP contribution in [0.5, 0.6) is 0 Å². The second-order valence-corrected chi connectivity index (χ2v) is 7.15. The van der Waals surface area contributed by atoms with Crippen LogP contribution >= 0.6 is 0 Å². The minimum absolute atomic E-state index is 0.229. The molecule has 0 fully saturated rings. The highest BCUT2D eigenvalue weighted by Crippen LogP contribution is 2.15. The number of rotatable bonds is 7. The highest BCUT2D eigenvalue weighted by atomic mass is 19.1. The summed E-state index contributed by atoms with van der Waals surface area (Å²) in [7, 11) is 0. The summed E-state index contributed by atoms with van der Waals surface area (Å²) < 4.78 is 29.4. The van der Waals surface area contributed by atoms with Crippen LogP contribution in [0.4, 0.5) is 8.78 Å². The molecule has 28 heavy (non-hydrogen) atoms. The number of nitrogens with zero attached hydrogens (tertiary/aromatic N) is 3. The van der Waals surface area contributed by atoms with E-state index in [1.165, 1.54) is 24.3 Å². The largest absolute Gasteiger partial charge is 0.331 e. The van der Waals surface area contributed by atoms with Gasteiger partial charge in [-0.3, -0.25) is 4.79 Å². The highest BCUT2D eigenvalue weighted by molar-refractivity contribution is 5.94. The number of benzene rings is 2. The third-order valence-electron chi connectivity index (χ3n) is 4.38. The number of aromatic nitrogens is 2. The van der Waals surface area contributed by atoms with Crippen molar-refractivity contribution in [1.82, 2.24) is 14.5 Å². The minimum Gasteiger partial charge on any atom is -0.331 e. The third-order valence-corrected chi connectivity index (χ3v) is 4.38. The molecule has 1 amide bonds. The van der Waals surface area contributed by atoms with Crippen molar-refractivity contribution in [3.8, 4) is 0 Å². The van der Waals surface area contributed by atoms with Crippen molar-refractivity contribution in [2.45, 2.75) is 26.9 Å². The van der Waals surface area contributed by atoms with Crippen LogP contribution in [-0.2, 0) is 13.1 Å². The van der Waals surface area contributed by atoms with Crippen LogP contribution in [0.2, 0.25) is 0 Å². The van der Waals surface area contributed by atoms with E-state index in [0.29, 0.717) is 30.0 Å². The van der Waals surface area contributed by atoms with Gasteiger partial charge in [0.1, 0.15) is 17.5 Å². The summed E-state index contributed by atoms with van der Waals surface area (Å²) in [4.78, 5) is 19.0. The Morgan fingerprint density at radius 2 is 1.93 bits per heavy atom. The predicted octanol–water partition coefficient (Wildman–Crippen LogP) is 4.51. The van der Waals surface area contributed by atoms with E-state index in [1.54, 1.807) is 41.6 Å². The fraction of sp³-hybridized carbons (Fsp3) is 0.273. The maximum absolute atomic E-state index is 14.0. The SMILES string of the molecule is CC(C)CN(Cc1nccn1Cc1ccccc1F)C(=O)c1cccc(F)c1. The lowest BCUT2D eigenvalue weighted by atomic mass is 10.1. The van der Waals surface area contributed by atoms with Crippen LogP contribution in [0, 0.1) is 17.6 Å². The summed E-state index contributed by atoms with van der Waals surface area (Å²) in [6, 6.07) is 12.3. The maximum atomic E-state index is 14.0. The first-order chi connectivity index (χ1) is 13.4. The van der Waals surface area contributed by atoms with Crippen molar-refractivity contribution >= 4 is 5.91 Å². The van der Waals surface area contributed by atoms with E-state index in [4.69, 9.17) is 0 Å². The molecule has 0 aliphatic carbocycles. The number of carbonyl (C=O) groups excluding carboxylic acids is 1. The lowest BCUT2D eigenvalue weighted by molar-refractivity contribution is 0.0715. The van der Waals surface area contributed by atoms with Crippen LogP contribution < -0.4 is 0 Å². The van der Waals surface area contributed by atoms with E-state index in [1.807, 2.05) is 18.4 Å².